The van der Waals surface area contributed by atoms with Gasteiger partial charge in [-0.2, -0.15) is 0 Å². The number of benzene rings is 1. The van der Waals surface area contributed by atoms with Gasteiger partial charge in [-0.3, -0.25) is 10.3 Å². The molecule has 0 aliphatic heterocycles. The highest BCUT2D eigenvalue weighted by Gasteiger charge is 2.17. The summed E-state index contributed by atoms with van der Waals surface area (Å²) < 4.78 is 32.5. The molecule has 0 saturated carbocycles. The molecular weight excluding hydrogens is 328 g/mol. The van der Waals surface area contributed by atoms with Crippen LogP contribution in [0, 0.1) is 11.6 Å². The molecule has 2 N–H and O–H groups in total. The first-order valence-corrected chi connectivity index (χ1v) is 7.80. The number of nitrogens with zero attached hydrogens (tertiary/aromatic N) is 1. The van der Waals surface area contributed by atoms with Crippen molar-refractivity contribution in [2.45, 2.75) is 39.3 Å². The average Bonchev–Trinajstić information content (AvgIpc) is 2.48. The van der Waals surface area contributed by atoms with Gasteiger partial charge in [0.2, 0.25) is 0 Å². The number of ether oxygens (including phenoxy) is 1. The highest BCUT2D eigenvalue weighted by Crippen LogP contribution is 2.25. The van der Waals surface area contributed by atoms with E-state index in [4.69, 9.17) is 4.74 Å². The smallest absolute Gasteiger partial charge is 0.412 e. The number of aromatic nitrogens is 1. The molecule has 1 atom stereocenters. The maximum atomic E-state index is 14.0. The molecule has 1 amide bonds. The average molecular weight is 349 g/mol. The van der Waals surface area contributed by atoms with E-state index in [9.17, 15) is 13.6 Å². The van der Waals surface area contributed by atoms with Crippen molar-refractivity contribution in [2.24, 2.45) is 0 Å². The maximum absolute atomic E-state index is 14.0. The highest BCUT2D eigenvalue weighted by molar-refractivity contribution is 5.85. The molecule has 0 fully saturated rings. The number of anilines is 2. The zero-order valence-corrected chi connectivity index (χ0v) is 14.6. The monoisotopic (exact) mass is 349 g/mol. The Bertz CT molecular complexity index is 760. The first-order chi connectivity index (χ1) is 11.6. The van der Waals surface area contributed by atoms with Crippen LogP contribution in [0.2, 0.25) is 0 Å². The van der Waals surface area contributed by atoms with Crippen molar-refractivity contribution < 1.29 is 18.3 Å². The van der Waals surface area contributed by atoms with Crippen molar-refractivity contribution in [3.8, 4) is 0 Å². The second-order valence-electron chi connectivity index (χ2n) is 6.62. The molecule has 2 aromatic rings. The van der Waals surface area contributed by atoms with Crippen molar-refractivity contribution >= 4 is 17.5 Å². The van der Waals surface area contributed by atoms with Crippen LogP contribution in [0.15, 0.2) is 36.7 Å². The number of amides is 1. The Hall–Kier alpha value is -2.70. The van der Waals surface area contributed by atoms with Crippen LogP contribution in [0.4, 0.5) is 25.0 Å². The summed E-state index contributed by atoms with van der Waals surface area (Å²) in [5.41, 5.74) is 0.488. The van der Waals surface area contributed by atoms with Crippen LogP contribution in [0.25, 0.3) is 0 Å². The number of hydrogen-bond acceptors (Lipinski definition) is 4. The van der Waals surface area contributed by atoms with Crippen LogP contribution in [0.1, 0.15) is 39.3 Å². The quantitative estimate of drug-likeness (QED) is 0.826. The number of carbonyl (C=O) groups is 1. The normalized spacial score (nSPS) is 12.4. The summed E-state index contributed by atoms with van der Waals surface area (Å²) in [6.45, 7) is 7.00. The zero-order valence-electron chi connectivity index (χ0n) is 14.6. The summed E-state index contributed by atoms with van der Waals surface area (Å²) in [5, 5.41) is 5.49. The Morgan fingerprint density at radius 3 is 2.56 bits per heavy atom. The molecule has 1 unspecified atom stereocenters. The molecule has 0 radical (unpaired) electrons. The van der Waals surface area contributed by atoms with E-state index in [0.29, 0.717) is 11.3 Å². The fraction of sp³-hybridized carbons (Fsp3) is 0.333. The summed E-state index contributed by atoms with van der Waals surface area (Å²) in [5.74, 6) is -0.960. The van der Waals surface area contributed by atoms with Crippen molar-refractivity contribution in [3.63, 3.8) is 0 Å². The lowest BCUT2D eigenvalue weighted by molar-refractivity contribution is 0.0636. The molecule has 0 bridgehead atoms. The second kappa shape index (κ2) is 7.46. The lowest BCUT2D eigenvalue weighted by atomic mass is 10.1. The van der Waals surface area contributed by atoms with Gasteiger partial charge in [-0.25, -0.2) is 13.6 Å². The Labute approximate surface area is 145 Å². The third kappa shape index (κ3) is 5.70. The van der Waals surface area contributed by atoms with Crippen LogP contribution < -0.4 is 10.6 Å². The minimum atomic E-state index is -0.635. The molecule has 0 saturated heterocycles. The minimum Gasteiger partial charge on any atom is -0.444 e. The fourth-order valence-corrected chi connectivity index (χ4v) is 2.12. The SMILES string of the molecule is CC(Nc1cc(NC(=O)OC(C)(C)C)ccc1F)c1cncc(F)c1. The van der Waals surface area contributed by atoms with Gasteiger partial charge in [0.15, 0.2) is 0 Å². The molecule has 1 heterocycles. The number of rotatable bonds is 4. The molecular formula is C18H21F2N3O2. The minimum absolute atomic E-state index is 0.172. The molecule has 0 spiro atoms. The number of hydrogen-bond donors (Lipinski definition) is 2. The van der Waals surface area contributed by atoms with Crippen LogP contribution in [0.5, 0.6) is 0 Å². The molecule has 0 aliphatic carbocycles. The van der Waals surface area contributed by atoms with Gasteiger partial charge in [0.25, 0.3) is 0 Å². The molecule has 5 nitrogen and oxygen atoms in total. The van der Waals surface area contributed by atoms with Crippen molar-refractivity contribution in [1.29, 1.82) is 0 Å². The predicted octanol–water partition coefficient (Wildman–Crippen LogP) is 4.88. The molecule has 134 valence electrons. The second-order valence-corrected chi connectivity index (χ2v) is 6.62. The first kappa shape index (κ1) is 18.6. The van der Waals surface area contributed by atoms with Gasteiger partial charge in [0.1, 0.15) is 17.2 Å². The molecule has 2 rings (SSSR count). The number of pyridine rings is 1. The zero-order chi connectivity index (χ0) is 18.6. The van der Waals surface area contributed by atoms with Gasteiger partial charge < -0.3 is 10.1 Å². The summed E-state index contributed by atoms with van der Waals surface area (Å²) in [7, 11) is 0. The van der Waals surface area contributed by atoms with E-state index >= 15 is 0 Å². The molecule has 1 aromatic heterocycles. The Morgan fingerprint density at radius 1 is 1.20 bits per heavy atom. The summed E-state index contributed by atoms with van der Waals surface area (Å²) in [6, 6.07) is 5.05. The third-order valence-corrected chi connectivity index (χ3v) is 3.21. The lowest BCUT2D eigenvalue weighted by Crippen LogP contribution is -2.27. The molecule has 25 heavy (non-hydrogen) atoms. The highest BCUT2D eigenvalue weighted by atomic mass is 19.1. The molecule has 7 heteroatoms. The van der Waals surface area contributed by atoms with E-state index in [1.165, 1.54) is 30.5 Å². The van der Waals surface area contributed by atoms with Crippen LogP contribution in [0.3, 0.4) is 0 Å². The van der Waals surface area contributed by atoms with E-state index in [2.05, 4.69) is 15.6 Å². The van der Waals surface area contributed by atoms with E-state index < -0.39 is 23.3 Å². The van der Waals surface area contributed by atoms with Crippen molar-refractivity contribution in [2.75, 3.05) is 10.6 Å². The lowest BCUT2D eigenvalue weighted by Gasteiger charge is -2.20. The van der Waals surface area contributed by atoms with E-state index in [1.807, 2.05) is 0 Å². The predicted molar refractivity (Wildman–Crippen MR) is 92.5 cm³/mol. The fourth-order valence-electron chi connectivity index (χ4n) is 2.12. The van der Waals surface area contributed by atoms with Gasteiger partial charge in [0.05, 0.1) is 17.9 Å². The third-order valence-electron chi connectivity index (χ3n) is 3.21. The van der Waals surface area contributed by atoms with Crippen LogP contribution in [-0.2, 0) is 4.74 Å². The summed E-state index contributed by atoms with van der Waals surface area (Å²) in [6.07, 6.45) is 1.97. The number of nitrogens with one attached hydrogen (secondary N) is 2. The van der Waals surface area contributed by atoms with Gasteiger partial charge in [-0.05, 0) is 57.5 Å². The number of carbonyl (C=O) groups excluding carboxylic acids is 1. The standard InChI is InChI=1S/C18H21F2N3O2/c1-11(12-7-13(19)10-21-9-12)22-16-8-14(5-6-15(16)20)23-17(24)25-18(2,3)4/h5-11,22H,1-4H3,(H,23,24). The van der Waals surface area contributed by atoms with E-state index in [1.54, 1.807) is 27.7 Å². The van der Waals surface area contributed by atoms with E-state index in [0.717, 1.165) is 6.20 Å². The van der Waals surface area contributed by atoms with Crippen molar-refractivity contribution in [3.05, 3.63) is 53.9 Å². The number of halogens is 2. The maximum Gasteiger partial charge on any atom is 0.412 e. The molecule has 1 aromatic carbocycles. The Kier molecular flexibility index (Phi) is 5.56. The van der Waals surface area contributed by atoms with Crippen LogP contribution >= 0.6 is 0 Å². The van der Waals surface area contributed by atoms with E-state index in [-0.39, 0.29) is 11.7 Å². The van der Waals surface area contributed by atoms with Crippen LogP contribution in [-0.4, -0.2) is 16.7 Å². The van der Waals surface area contributed by atoms with Crippen molar-refractivity contribution in [1.82, 2.24) is 4.98 Å². The summed E-state index contributed by atoms with van der Waals surface area (Å²) >= 11 is 0. The van der Waals surface area contributed by atoms with Gasteiger partial charge in [-0.15, -0.1) is 0 Å². The Morgan fingerprint density at radius 2 is 1.92 bits per heavy atom. The Balaban J connectivity index is 2.12. The van der Waals surface area contributed by atoms with Gasteiger partial charge in [0, 0.05) is 11.9 Å². The van der Waals surface area contributed by atoms with Gasteiger partial charge in [-0.1, -0.05) is 0 Å². The first-order valence-electron chi connectivity index (χ1n) is 7.80. The summed E-state index contributed by atoms with van der Waals surface area (Å²) in [4.78, 5) is 15.6. The topological polar surface area (TPSA) is 63.2 Å². The van der Waals surface area contributed by atoms with Gasteiger partial charge >= 0.3 is 6.09 Å². The largest absolute Gasteiger partial charge is 0.444 e. The molecule has 0 aliphatic rings.